The number of ether oxygens (including phenoxy) is 1. The van der Waals surface area contributed by atoms with Gasteiger partial charge < -0.3 is 9.84 Å². The number of rotatable bonds is 15. The Morgan fingerprint density at radius 2 is 1.26 bits per heavy atom. The monoisotopic (exact) mass is 380 g/mol. The zero-order valence-corrected chi connectivity index (χ0v) is 16.8. The molecule has 0 saturated heterocycles. The second-order valence-electron chi connectivity index (χ2n) is 6.80. The van der Waals surface area contributed by atoms with E-state index in [0.29, 0.717) is 6.42 Å². The number of carboxylic acids is 1. The Balaban J connectivity index is 0.000000797. The maximum atomic E-state index is 10.3. The van der Waals surface area contributed by atoms with Crippen molar-refractivity contribution in [2.75, 3.05) is 0 Å². The topological polar surface area (TPSA) is 80.7 Å². The molecule has 0 fully saturated rings. The van der Waals surface area contributed by atoms with Crippen LogP contribution in [-0.4, -0.2) is 23.0 Å². The van der Waals surface area contributed by atoms with E-state index >= 15 is 0 Å². The highest BCUT2D eigenvalue weighted by atomic mass is 16.6. The average Bonchev–Trinajstić information content (AvgIpc) is 3.01. The van der Waals surface area contributed by atoms with Gasteiger partial charge in [-0.3, -0.25) is 4.79 Å². The Morgan fingerprint density at radius 1 is 0.815 bits per heavy atom. The third-order valence-corrected chi connectivity index (χ3v) is 4.21. The number of hydrogen-bond acceptors (Lipinski definition) is 4. The maximum absolute atomic E-state index is 10.3. The van der Waals surface area contributed by atoms with Crippen molar-refractivity contribution in [2.24, 2.45) is 0 Å². The van der Waals surface area contributed by atoms with E-state index in [-0.39, 0.29) is 0 Å². The van der Waals surface area contributed by atoms with Crippen LogP contribution in [0.15, 0.2) is 24.3 Å². The summed E-state index contributed by atoms with van der Waals surface area (Å²) in [6.07, 6.45) is 23.4. The maximum Gasteiger partial charge on any atom is 0.338 e. The fourth-order valence-electron chi connectivity index (χ4n) is 2.65. The molecule has 1 aliphatic rings. The fourth-order valence-corrected chi connectivity index (χ4v) is 2.65. The molecule has 5 heteroatoms. The Hall–Kier alpha value is -1.91. The highest BCUT2D eigenvalue weighted by Crippen LogP contribution is 2.09. The lowest BCUT2D eigenvalue weighted by molar-refractivity contribution is -0.150. The zero-order valence-electron chi connectivity index (χ0n) is 16.8. The highest BCUT2D eigenvalue weighted by Gasteiger charge is 2.10. The summed E-state index contributed by atoms with van der Waals surface area (Å²) < 4.78 is 3.97. The third-order valence-electron chi connectivity index (χ3n) is 4.21. The Morgan fingerprint density at radius 3 is 1.67 bits per heavy atom. The van der Waals surface area contributed by atoms with E-state index in [1.807, 2.05) is 0 Å². The van der Waals surface area contributed by atoms with Crippen LogP contribution in [0.2, 0.25) is 0 Å². The van der Waals surface area contributed by atoms with Gasteiger partial charge in [-0.1, -0.05) is 70.4 Å². The van der Waals surface area contributed by atoms with Crippen LogP contribution in [0.1, 0.15) is 96.8 Å². The number of carbonyl (C=O) groups is 3. The van der Waals surface area contributed by atoms with Crippen molar-refractivity contribution in [1.82, 2.24) is 0 Å². The predicted molar refractivity (Wildman–Crippen MR) is 107 cm³/mol. The number of esters is 2. The number of allylic oxidation sites excluding steroid dienone is 2. The van der Waals surface area contributed by atoms with Gasteiger partial charge in [0.05, 0.1) is 0 Å². The van der Waals surface area contributed by atoms with Crippen LogP contribution in [0.3, 0.4) is 0 Å². The molecular formula is C22H36O5. The summed E-state index contributed by atoms with van der Waals surface area (Å²) in [5, 5.41) is 8.51. The van der Waals surface area contributed by atoms with Gasteiger partial charge in [-0.05, 0) is 32.1 Å². The quantitative estimate of drug-likeness (QED) is 0.170. The van der Waals surface area contributed by atoms with Crippen molar-refractivity contribution >= 4 is 17.9 Å². The zero-order chi connectivity index (χ0) is 20.2. The molecule has 0 aromatic heterocycles. The molecule has 27 heavy (non-hydrogen) atoms. The largest absolute Gasteiger partial charge is 0.481 e. The normalized spacial score (nSPS) is 12.9. The van der Waals surface area contributed by atoms with Gasteiger partial charge in [0.2, 0.25) is 0 Å². The standard InChI is InChI=1S/C18H34O2.C4H2O3/c1-2-3-4-5-6-7-8-9-10-11-12-13-14-15-16-17-18(19)20;5-3-1-2-4(6)7-3/h9-10H,2-8,11-17H2,1H3,(H,19,20);1-2H/b10-9-;. The van der Waals surface area contributed by atoms with Crippen LogP contribution in [0.4, 0.5) is 0 Å². The molecule has 0 atom stereocenters. The first-order chi connectivity index (χ1) is 13.1. The van der Waals surface area contributed by atoms with Crippen LogP contribution in [0.25, 0.3) is 0 Å². The molecule has 1 rings (SSSR count). The van der Waals surface area contributed by atoms with Crippen LogP contribution in [-0.2, 0) is 19.1 Å². The lowest BCUT2D eigenvalue weighted by Gasteiger charge is -1.99. The Kier molecular flexibility index (Phi) is 17.5. The Labute approximate surface area is 163 Å². The van der Waals surface area contributed by atoms with E-state index in [0.717, 1.165) is 25.0 Å². The second kappa shape index (κ2) is 18.9. The van der Waals surface area contributed by atoms with Gasteiger partial charge in [-0.25, -0.2) is 9.59 Å². The van der Waals surface area contributed by atoms with Crippen LogP contribution in [0, 0.1) is 0 Å². The summed E-state index contributed by atoms with van der Waals surface area (Å²) in [4.78, 5) is 30.2. The van der Waals surface area contributed by atoms with E-state index in [2.05, 4.69) is 23.8 Å². The molecule has 0 aromatic carbocycles. The smallest absolute Gasteiger partial charge is 0.338 e. The SMILES string of the molecule is CCCCCCCC/C=C\CCCCCCCC(=O)O.O=C1C=CC(=O)O1. The summed E-state index contributed by atoms with van der Waals surface area (Å²) in [7, 11) is 0. The van der Waals surface area contributed by atoms with E-state index in [1.165, 1.54) is 70.6 Å². The molecule has 0 aromatic rings. The van der Waals surface area contributed by atoms with Crippen molar-refractivity contribution in [3.05, 3.63) is 24.3 Å². The number of cyclic esters (lactones) is 2. The third kappa shape index (κ3) is 20.3. The molecule has 1 heterocycles. The molecule has 1 N–H and O–H groups in total. The number of unbranched alkanes of at least 4 members (excludes halogenated alkanes) is 11. The van der Waals surface area contributed by atoms with Gasteiger partial charge in [0, 0.05) is 18.6 Å². The van der Waals surface area contributed by atoms with E-state index in [4.69, 9.17) is 5.11 Å². The molecule has 154 valence electrons. The minimum atomic E-state index is -0.664. The number of aliphatic carboxylic acids is 1. The van der Waals surface area contributed by atoms with Gasteiger partial charge >= 0.3 is 17.9 Å². The van der Waals surface area contributed by atoms with Crippen molar-refractivity contribution in [1.29, 1.82) is 0 Å². The molecule has 0 radical (unpaired) electrons. The minimum absolute atomic E-state index is 0.332. The molecular weight excluding hydrogens is 344 g/mol. The lowest BCUT2D eigenvalue weighted by atomic mass is 10.1. The van der Waals surface area contributed by atoms with Gasteiger partial charge in [0.15, 0.2) is 0 Å². The van der Waals surface area contributed by atoms with Crippen LogP contribution >= 0.6 is 0 Å². The summed E-state index contributed by atoms with van der Waals surface area (Å²) in [6.45, 7) is 2.26. The number of carbonyl (C=O) groups excluding carboxylic acids is 2. The average molecular weight is 381 g/mol. The molecule has 0 amide bonds. The van der Waals surface area contributed by atoms with Crippen molar-refractivity contribution in [3.8, 4) is 0 Å². The summed E-state index contributed by atoms with van der Waals surface area (Å²) >= 11 is 0. The van der Waals surface area contributed by atoms with Gasteiger partial charge in [-0.2, -0.15) is 0 Å². The fraction of sp³-hybridized carbons (Fsp3) is 0.682. The predicted octanol–water partition coefficient (Wildman–Crippen LogP) is 5.73. The molecule has 5 nitrogen and oxygen atoms in total. The molecule has 0 spiro atoms. The van der Waals surface area contributed by atoms with Crippen molar-refractivity contribution < 1.29 is 24.2 Å². The van der Waals surface area contributed by atoms with Gasteiger partial charge in [0.25, 0.3) is 0 Å². The first-order valence-electron chi connectivity index (χ1n) is 10.4. The van der Waals surface area contributed by atoms with Crippen LogP contribution < -0.4 is 0 Å². The molecule has 0 aliphatic carbocycles. The van der Waals surface area contributed by atoms with Crippen molar-refractivity contribution in [2.45, 2.75) is 96.8 Å². The summed E-state index contributed by atoms with van der Waals surface area (Å²) in [5.74, 6) is -1.82. The lowest BCUT2D eigenvalue weighted by Crippen LogP contribution is -1.96. The van der Waals surface area contributed by atoms with Crippen molar-refractivity contribution in [3.63, 3.8) is 0 Å². The minimum Gasteiger partial charge on any atom is -0.481 e. The van der Waals surface area contributed by atoms with E-state index in [9.17, 15) is 14.4 Å². The second-order valence-corrected chi connectivity index (χ2v) is 6.80. The Bertz CT molecular complexity index is 449. The first-order valence-corrected chi connectivity index (χ1v) is 10.4. The van der Waals surface area contributed by atoms with E-state index in [1.54, 1.807) is 0 Å². The summed E-state index contributed by atoms with van der Waals surface area (Å²) in [5.41, 5.74) is 0. The van der Waals surface area contributed by atoms with Crippen LogP contribution in [0.5, 0.6) is 0 Å². The number of carboxylic acid groups (broad SMARTS) is 1. The molecule has 1 aliphatic heterocycles. The number of hydrogen-bond donors (Lipinski definition) is 1. The molecule has 0 unspecified atom stereocenters. The molecule has 0 saturated carbocycles. The van der Waals surface area contributed by atoms with E-state index < -0.39 is 17.9 Å². The summed E-state index contributed by atoms with van der Waals surface area (Å²) in [6, 6.07) is 0. The van der Waals surface area contributed by atoms with Gasteiger partial charge in [0.1, 0.15) is 0 Å². The highest BCUT2D eigenvalue weighted by molar-refractivity contribution is 6.04. The molecule has 0 bridgehead atoms. The van der Waals surface area contributed by atoms with Gasteiger partial charge in [-0.15, -0.1) is 0 Å². The first kappa shape index (κ1) is 25.1.